The van der Waals surface area contributed by atoms with Crippen molar-refractivity contribution in [1.82, 2.24) is 4.98 Å². The first-order valence-corrected chi connectivity index (χ1v) is 17.5. The molecule has 2 aromatic rings. The lowest BCUT2D eigenvalue weighted by molar-refractivity contribution is 0.105. The third kappa shape index (κ3) is 5.77. The maximum absolute atomic E-state index is 11.9. The Labute approximate surface area is 227 Å². The number of nitrogens with zero attached hydrogens (tertiary/aromatic N) is 1. The Morgan fingerprint density at radius 2 is 1.59 bits per heavy atom. The summed E-state index contributed by atoms with van der Waals surface area (Å²) >= 11 is 0. The number of hydrogen-bond donors (Lipinski definition) is 1. The van der Waals surface area contributed by atoms with E-state index in [9.17, 15) is 5.11 Å². The van der Waals surface area contributed by atoms with Crippen LogP contribution in [0.1, 0.15) is 144 Å². The first-order chi connectivity index (χ1) is 17.1. The summed E-state index contributed by atoms with van der Waals surface area (Å²) in [6.45, 7) is 23.1. The zero-order chi connectivity index (χ0) is 27.3. The third-order valence-corrected chi connectivity index (χ3v) is 14.0. The second-order valence-electron chi connectivity index (χ2n) is 14.5. The number of aliphatic hydroxyl groups is 1. The molecule has 3 nitrogen and oxygen atoms in total. The Morgan fingerprint density at radius 1 is 1.03 bits per heavy atom. The molecule has 0 aliphatic heterocycles. The molecule has 2 aliphatic rings. The normalized spacial score (nSPS) is 21.4. The molecule has 1 fully saturated rings. The first kappa shape index (κ1) is 28.5. The maximum Gasteiger partial charge on any atom is 0.192 e. The zero-order valence-corrected chi connectivity index (χ0v) is 26.2. The van der Waals surface area contributed by atoms with Crippen LogP contribution in [0.25, 0.3) is 0 Å². The fourth-order valence-corrected chi connectivity index (χ4v) is 7.50. The molecule has 1 aromatic carbocycles. The van der Waals surface area contributed by atoms with Crippen LogP contribution < -0.4 is 0 Å². The quantitative estimate of drug-likeness (QED) is 0.385. The van der Waals surface area contributed by atoms with Gasteiger partial charge in [-0.3, -0.25) is 4.98 Å². The number of benzene rings is 1. The molecule has 1 saturated carbocycles. The lowest BCUT2D eigenvalue weighted by Gasteiger charge is -2.45. The molecule has 0 spiro atoms. The van der Waals surface area contributed by atoms with E-state index in [-0.39, 0.29) is 16.6 Å². The highest BCUT2D eigenvalue weighted by Gasteiger charge is 2.44. The number of pyridine rings is 1. The highest BCUT2D eigenvalue weighted by Crippen LogP contribution is 2.50. The number of aliphatic hydroxyl groups excluding tert-OH is 1. The SMILES string of the molecule is Cc1c2c(nc(C3CCCC3)c1C(O)c1ccc(C(C)C)cc1)CC(C)(C)CC2O[Si](C)(C)C(C)(C)C. The molecule has 1 aromatic heterocycles. The van der Waals surface area contributed by atoms with Crippen molar-refractivity contribution in [2.45, 2.75) is 136 Å². The van der Waals surface area contributed by atoms with Gasteiger partial charge >= 0.3 is 0 Å². The second-order valence-corrected chi connectivity index (χ2v) is 19.3. The molecule has 0 saturated heterocycles. The minimum Gasteiger partial charge on any atom is -0.410 e. The molecule has 204 valence electrons. The van der Waals surface area contributed by atoms with Crippen LogP contribution in [0.5, 0.6) is 0 Å². The molecule has 2 aliphatic carbocycles. The van der Waals surface area contributed by atoms with Gasteiger partial charge in [0.1, 0.15) is 6.10 Å². The average Bonchev–Trinajstić information content (AvgIpc) is 3.31. The number of aromatic nitrogens is 1. The Morgan fingerprint density at radius 3 is 2.14 bits per heavy atom. The molecule has 4 rings (SSSR count). The minimum atomic E-state index is -2.00. The largest absolute Gasteiger partial charge is 0.410 e. The molecule has 37 heavy (non-hydrogen) atoms. The van der Waals surface area contributed by atoms with E-state index in [1.807, 2.05) is 0 Å². The molecule has 4 heteroatoms. The highest BCUT2D eigenvalue weighted by molar-refractivity contribution is 6.74. The summed E-state index contributed by atoms with van der Waals surface area (Å²) in [4.78, 5) is 5.46. The number of fused-ring (bicyclic) bond motifs is 1. The van der Waals surface area contributed by atoms with E-state index < -0.39 is 14.4 Å². The van der Waals surface area contributed by atoms with Crippen LogP contribution in [0.3, 0.4) is 0 Å². The minimum absolute atomic E-state index is 0.0269. The molecule has 0 bridgehead atoms. The van der Waals surface area contributed by atoms with Gasteiger partial charge in [-0.05, 0) is 78.8 Å². The van der Waals surface area contributed by atoms with Gasteiger partial charge in [0, 0.05) is 22.7 Å². The summed E-state index contributed by atoms with van der Waals surface area (Å²) in [5, 5.41) is 12.1. The van der Waals surface area contributed by atoms with E-state index in [4.69, 9.17) is 9.41 Å². The van der Waals surface area contributed by atoms with Gasteiger partial charge in [-0.25, -0.2) is 0 Å². The van der Waals surface area contributed by atoms with Gasteiger partial charge in [0.25, 0.3) is 0 Å². The summed E-state index contributed by atoms with van der Waals surface area (Å²) in [6, 6.07) is 8.57. The van der Waals surface area contributed by atoms with E-state index in [0.717, 1.165) is 29.7 Å². The fourth-order valence-electron chi connectivity index (χ4n) is 6.23. The maximum atomic E-state index is 11.9. The summed E-state index contributed by atoms with van der Waals surface area (Å²) in [5.41, 5.74) is 8.29. The molecule has 2 atom stereocenters. The Hall–Kier alpha value is -1.49. The van der Waals surface area contributed by atoms with Crippen molar-refractivity contribution in [2.75, 3.05) is 0 Å². The predicted octanol–water partition coefficient (Wildman–Crippen LogP) is 9.29. The van der Waals surface area contributed by atoms with E-state index >= 15 is 0 Å². The van der Waals surface area contributed by atoms with Crippen molar-refractivity contribution in [3.8, 4) is 0 Å². The standard InChI is InChI=1S/C33H51NO2Si/c1-21(2)23-15-17-25(18-16-23)31(35)29-22(3)28-26(34-30(29)24-13-11-12-14-24)19-33(7,8)20-27(28)36-37(9,10)32(4,5)6/h15-18,21,24,27,31,35H,11-14,19-20H2,1-10H3. The molecule has 0 amide bonds. The van der Waals surface area contributed by atoms with Crippen molar-refractivity contribution in [3.05, 3.63) is 63.5 Å². The van der Waals surface area contributed by atoms with E-state index in [0.29, 0.717) is 11.8 Å². The van der Waals surface area contributed by atoms with Crippen LogP contribution in [-0.2, 0) is 10.8 Å². The predicted molar refractivity (Wildman–Crippen MR) is 158 cm³/mol. The van der Waals surface area contributed by atoms with Gasteiger partial charge in [-0.1, -0.05) is 85.6 Å². The molecular weight excluding hydrogens is 470 g/mol. The van der Waals surface area contributed by atoms with Crippen molar-refractivity contribution < 1.29 is 9.53 Å². The summed E-state index contributed by atoms with van der Waals surface area (Å²) in [6.07, 6.45) is 6.18. The average molecular weight is 522 g/mol. The van der Waals surface area contributed by atoms with Crippen LogP contribution >= 0.6 is 0 Å². The molecule has 1 N–H and O–H groups in total. The summed E-state index contributed by atoms with van der Waals surface area (Å²) in [5.74, 6) is 0.914. The molecular formula is C33H51NO2Si. The Balaban J connectivity index is 1.87. The van der Waals surface area contributed by atoms with Gasteiger partial charge in [-0.15, -0.1) is 0 Å². The lowest BCUT2D eigenvalue weighted by atomic mass is 9.72. The van der Waals surface area contributed by atoms with E-state index in [1.54, 1.807) is 0 Å². The third-order valence-electron chi connectivity index (χ3n) is 9.53. The molecule has 0 radical (unpaired) electrons. The monoisotopic (exact) mass is 521 g/mol. The Kier molecular flexibility index (Phi) is 7.89. The molecule has 1 heterocycles. The van der Waals surface area contributed by atoms with Crippen molar-refractivity contribution in [3.63, 3.8) is 0 Å². The van der Waals surface area contributed by atoms with Crippen LogP contribution in [0, 0.1) is 12.3 Å². The van der Waals surface area contributed by atoms with Crippen molar-refractivity contribution in [1.29, 1.82) is 0 Å². The highest BCUT2D eigenvalue weighted by atomic mass is 28.4. The summed E-state index contributed by atoms with van der Waals surface area (Å²) in [7, 11) is -2.00. The van der Waals surface area contributed by atoms with Crippen molar-refractivity contribution in [2.24, 2.45) is 5.41 Å². The Bertz CT molecular complexity index is 1100. The van der Waals surface area contributed by atoms with Crippen LogP contribution in [-0.4, -0.2) is 18.4 Å². The lowest BCUT2D eigenvalue weighted by Crippen LogP contribution is -2.44. The number of hydrogen-bond acceptors (Lipinski definition) is 3. The number of rotatable bonds is 6. The van der Waals surface area contributed by atoms with Crippen molar-refractivity contribution >= 4 is 8.32 Å². The second kappa shape index (κ2) is 10.2. The van der Waals surface area contributed by atoms with Gasteiger partial charge in [0.2, 0.25) is 0 Å². The van der Waals surface area contributed by atoms with Gasteiger partial charge in [0.15, 0.2) is 8.32 Å². The smallest absolute Gasteiger partial charge is 0.192 e. The van der Waals surface area contributed by atoms with Gasteiger partial charge in [-0.2, -0.15) is 0 Å². The summed E-state index contributed by atoms with van der Waals surface area (Å²) < 4.78 is 7.15. The topological polar surface area (TPSA) is 42.4 Å². The van der Waals surface area contributed by atoms with Crippen LogP contribution in [0.4, 0.5) is 0 Å². The first-order valence-electron chi connectivity index (χ1n) is 14.6. The van der Waals surface area contributed by atoms with E-state index in [2.05, 4.69) is 92.7 Å². The molecule has 2 unspecified atom stereocenters. The zero-order valence-electron chi connectivity index (χ0n) is 25.2. The fraction of sp³-hybridized carbons (Fsp3) is 0.667. The van der Waals surface area contributed by atoms with Gasteiger partial charge in [0.05, 0.1) is 11.8 Å². The van der Waals surface area contributed by atoms with E-state index in [1.165, 1.54) is 48.1 Å². The van der Waals surface area contributed by atoms with Crippen LogP contribution in [0.2, 0.25) is 18.1 Å². The van der Waals surface area contributed by atoms with Gasteiger partial charge < -0.3 is 9.53 Å². The van der Waals surface area contributed by atoms with Crippen LogP contribution in [0.15, 0.2) is 24.3 Å².